The van der Waals surface area contributed by atoms with E-state index < -0.39 is 0 Å². The van der Waals surface area contributed by atoms with Crippen molar-refractivity contribution in [3.05, 3.63) is 76.5 Å². The Labute approximate surface area is 171 Å². The Morgan fingerprint density at radius 1 is 1.00 bits per heavy atom. The maximum Gasteiger partial charge on any atom is 0.234 e. The van der Waals surface area contributed by atoms with Gasteiger partial charge in [-0.25, -0.2) is 9.97 Å². The zero-order chi connectivity index (χ0) is 19.1. The van der Waals surface area contributed by atoms with Gasteiger partial charge in [-0.2, -0.15) is 0 Å². The fourth-order valence-electron chi connectivity index (χ4n) is 2.23. The van der Waals surface area contributed by atoms with Crippen molar-refractivity contribution in [2.75, 3.05) is 16.4 Å². The number of thioether (sulfide) groups is 1. The molecule has 0 aliphatic rings. The van der Waals surface area contributed by atoms with E-state index in [0.29, 0.717) is 33.1 Å². The molecule has 0 radical (unpaired) electrons. The van der Waals surface area contributed by atoms with Crippen molar-refractivity contribution in [1.82, 2.24) is 9.97 Å². The molecule has 8 heteroatoms. The van der Waals surface area contributed by atoms with E-state index >= 15 is 0 Å². The number of hydrogen-bond acceptors (Lipinski definition) is 5. The average molecular weight is 419 g/mol. The van der Waals surface area contributed by atoms with Gasteiger partial charge in [-0.1, -0.05) is 65.3 Å². The van der Waals surface area contributed by atoms with Crippen LogP contribution in [0.5, 0.6) is 0 Å². The van der Waals surface area contributed by atoms with Crippen LogP contribution in [0.25, 0.3) is 0 Å². The highest BCUT2D eigenvalue weighted by Crippen LogP contribution is 2.22. The van der Waals surface area contributed by atoms with E-state index in [1.54, 1.807) is 18.2 Å². The van der Waals surface area contributed by atoms with Gasteiger partial charge in [0, 0.05) is 17.6 Å². The minimum Gasteiger partial charge on any atom is -0.366 e. The Hall–Kier alpha value is -2.28. The summed E-state index contributed by atoms with van der Waals surface area (Å²) < 4.78 is 0. The number of carbonyl (C=O) groups excluding carboxylic acids is 1. The highest BCUT2D eigenvalue weighted by atomic mass is 35.5. The second-order valence-electron chi connectivity index (χ2n) is 5.50. The molecular weight excluding hydrogens is 403 g/mol. The normalized spacial score (nSPS) is 10.4. The van der Waals surface area contributed by atoms with Crippen LogP contribution in [-0.2, 0) is 11.3 Å². The van der Waals surface area contributed by atoms with Crippen molar-refractivity contribution in [1.29, 1.82) is 0 Å². The van der Waals surface area contributed by atoms with Crippen molar-refractivity contribution >= 4 is 52.4 Å². The van der Waals surface area contributed by atoms with Gasteiger partial charge in [-0.3, -0.25) is 4.79 Å². The number of hydrogen-bond donors (Lipinski definition) is 2. The first-order valence-electron chi connectivity index (χ1n) is 8.08. The molecule has 2 aromatic carbocycles. The maximum absolute atomic E-state index is 12.1. The van der Waals surface area contributed by atoms with Gasteiger partial charge in [0.05, 0.1) is 16.5 Å². The number of nitrogens with zero attached hydrogens (tertiary/aromatic N) is 2. The monoisotopic (exact) mass is 418 g/mol. The van der Waals surface area contributed by atoms with Crippen molar-refractivity contribution in [2.45, 2.75) is 11.6 Å². The van der Waals surface area contributed by atoms with Crippen LogP contribution in [0, 0.1) is 0 Å². The number of carbonyl (C=O) groups is 1. The molecule has 1 aromatic heterocycles. The van der Waals surface area contributed by atoms with E-state index in [9.17, 15) is 4.79 Å². The lowest BCUT2D eigenvalue weighted by molar-refractivity contribution is -0.113. The lowest BCUT2D eigenvalue weighted by atomic mass is 10.2. The van der Waals surface area contributed by atoms with Crippen LogP contribution in [0.15, 0.2) is 66.0 Å². The summed E-state index contributed by atoms with van der Waals surface area (Å²) in [6, 6.07) is 16.5. The maximum atomic E-state index is 12.1. The average Bonchev–Trinajstić information content (AvgIpc) is 2.68. The van der Waals surface area contributed by atoms with Crippen molar-refractivity contribution in [3.63, 3.8) is 0 Å². The topological polar surface area (TPSA) is 66.9 Å². The van der Waals surface area contributed by atoms with E-state index in [-0.39, 0.29) is 11.7 Å². The molecule has 0 atom stereocenters. The summed E-state index contributed by atoms with van der Waals surface area (Å²) in [5.41, 5.74) is 1.57. The molecule has 3 rings (SSSR count). The SMILES string of the molecule is O=C(CSc1cc(NCc2ccccc2Cl)ncn1)Nc1ccccc1Cl. The molecule has 0 aliphatic carbocycles. The number of halogens is 2. The van der Waals surface area contributed by atoms with Crippen LogP contribution in [-0.4, -0.2) is 21.6 Å². The van der Waals surface area contributed by atoms with Crippen LogP contribution in [0.2, 0.25) is 10.0 Å². The first-order valence-corrected chi connectivity index (χ1v) is 9.82. The molecule has 0 fully saturated rings. The third-order valence-electron chi connectivity index (χ3n) is 3.56. The molecule has 0 saturated heterocycles. The highest BCUT2D eigenvalue weighted by molar-refractivity contribution is 7.99. The van der Waals surface area contributed by atoms with Crippen LogP contribution in [0.1, 0.15) is 5.56 Å². The Kier molecular flexibility index (Phi) is 6.92. The second kappa shape index (κ2) is 9.60. The lowest BCUT2D eigenvalue weighted by Gasteiger charge is -2.09. The smallest absolute Gasteiger partial charge is 0.234 e. The first kappa shape index (κ1) is 19.5. The first-order chi connectivity index (χ1) is 13.1. The third-order valence-corrected chi connectivity index (χ3v) is 5.18. The van der Waals surface area contributed by atoms with Crippen molar-refractivity contribution in [2.24, 2.45) is 0 Å². The molecule has 1 amide bonds. The van der Waals surface area contributed by atoms with Gasteiger partial charge >= 0.3 is 0 Å². The number of aromatic nitrogens is 2. The highest BCUT2D eigenvalue weighted by Gasteiger charge is 2.08. The Morgan fingerprint density at radius 2 is 1.74 bits per heavy atom. The van der Waals surface area contributed by atoms with Crippen LogP contribution >= 0.6 is 35.0 Å². The van der Waals surface area contributed by atoms with Crippen LogP contribution < -0.4 is 10.6 Å². The Balaban J connectivity index is 1.54. The number of nitrogens with one attached hydrogen (secondary N) is 2. The van der Waals surface area contributed by atoms with Crippen LogP contribution in [0.4, 0.5) is 11.5 Å². The van der Waals surface area contributed by atoms with Gasteiger partial charge in [0.1, 0.15) is 17.2 Å². The molecule has 5 nitrogen and oxygen atoms in total. The van der Waals surface area contributed by atoms with E-state index in [1.165, 1.54) is 18.1 Å². The predicted molar refractivity (Wildman–Crippen MR) is 112 cm³/mol. The lowest BCUT2D eigenvalue weighted by Crippen LogP contribution is -2.14. The van der Waals surface area contributed by atoms with Gasteiger partial charge in [-0.05, 0) is 23.8 Å². The molecule has 0 unspecified atom stereocenters. The molecule has 27 heavy (non-hydrogen) atoms. The summed E-state index contributed by atoms with van der Waals surface area (Å²) in [7, 11) is 0. The molecule has 0 spiro atoms. The number of rotatable bonds is 7. The standard InChI is InChI=1S/C19H16Cl2N4OS/c20-14-6-2-1-5-13(14)10-22-17-9-19(24-12-23-17)27-11-18(26)25-16-8-4-3-7-15(16)21/h1-9,12H,10-11H2,(H,25,26)(H,22,23,24). The molecule has 0 aliphatic heterocycles. The number of anilines is 2. The van der Waals surface area contributed by atoms with Gasteiger partial charge in [0.15, 0.2) is 0 Å². The second-order valence-corrected chi connectivity index (χ2v) is 7.31. The van der Waals surface area contributed by atoms with Gasteiger partial charge in [-0.15, -0.1) is 0 Å². The Morgan fingerprint density at radius 3 is 2.52 bits per heavy atom. The molecule has 0 bridgehead atoms. The molecular formula is C19H16Cl2N4OS. The third kappa shape index (κ3) is 5.85. The minimum absolute atomic E-state index is 0.155. The number of para-hydroxylation sites is 1. The largest absolute Gasteiger partial charge is 0.366 e. The summed E-state index contributed by atoms with van der Waals surface area (Å²) >= 11 is 13.5. The molecule has 1 heterocycles. The van der Waals surface area contributed by atoms with E-state index in [1.807, 2.05) is 36.4 Å². The number of amides is 1. The fourth-order valence-corrected chi connectivity index (χ4v) is 3.28. The zero-order valence-electron chi connectivity index (χ0n) is 14.2. The zero-order valence-corrected chi connectivity index (χ0v) is 16.5. The van der Waals surface area contributed by atoms with Gasteiger partial charge < -0.3 is 10.6 Å². The predicted octanol–water partition coefficient (Wildman–Crippen LogP) is 5.13. The minimum atomic E-state index is -0.155. The van der Waals surface area contributed by atoms with Gasteiger partial charge in [0.2, 0.25) is 5.91 Å². The van der Waals surface area contributed by atoms with E-state index in [2.05, 4.69) is 20.6 Å². The molecule has 138 valence electrons. The van der Waals surface area contributed by atoms with Gasteiger partial charge in [0.25, 0.3) is 0 Å². The summed E-state index contributed by atoms with van der Waals surface area (Å²) in [6.07, 6.45) is 1.46. The Bertz CT molecular complexity index is 939. The molecule has 2 N–H and O–H groups in total. The van der Waals surface area contributed by atoms with Crippen LogP contribution in [0.3, 0.4) is 0 Å². The van der Waals surface area contributed by atoms with Crippen molar-refractivity contribution in [3.8, 4) is 0 Å². The summed E-state index contributed by atoms with van der Waals surface area (Å²) in [4.78, 5) is 20.5. The molecule has 3 aromatic rings. The quantitative estimate of drug-likeness (QED) is 0.411. The van der Waals surface area contributed by atoms with Crippen molar-refractivity contribution < 1.29 is 4.79 Å². The van der Waals surface area contributed by atoms with E-state index in [4.69, 9.17) is 23.2 Å². The summed E-state index contributed by atoms with van der Waals surface area (Å²) in [6.45, 7) is 0.549. The van der Waals surface area contributed by atoms with E-state index in [0.717, 1.165) is 5.56 Å². The molecule has 0 saturated carbocycles. The summed E-state index contributed by atoms with van der Waals surface area (Å²) in [5, 5.41) is 7.89. The fraction of sp³-hybridized carbons (Fsp3) is 0.105. The summed E-state index contributed by atoms with van der Waals surface area (Å²) in [5.74, 6) is 0.725. The number of benzene rings is 2.